The first kappa shape index (κ1) is 17.9. The lowest BCUT2D eigenvalue weighted by Crippen LogP contribution is -2.32. The van der Waals surface area contributed by atoms with E-state index in [1.54, 1.807) is 51.1 Å². The lowest BCUT2D eigenvalue weighted by molar-refractivity contribution is -0.0706. The van der Waals surface area contributed by atoms with Gasteiger partial charge in [-0.25, -0.2) is 4.39 Å². The van der Waals surface area contributed by atoms with E-state index in [1.165, 1.54) is 6.07 Å². The Morgan fingerprint density at radius 3 is 2.19 bits per heavy atom. The monoisotopic (exact) mass is 387 g/mol. The lowest BCUT2D eigenvalue weighted by Gasteiger charge is -2.23. The molecule has 3 N–H and O–H groups in total. The van der Waals surface area contributed by atoms with Crippen molar-refractivity contribution >= 4 is 28.1 Å². The average Bonchev–Trinajstić information content (AvgIpc) is 2.86. The number of benzene rings is 3. The molecule has 0 aromatic heterocycles. The van der Waals surface area contributed by atoms with Gasteiger partial charge < -0.3 is 20.3 Å². The number of fused-ring (bicyclic) bond motifs is 2. The number of nitrogen functional groups attached to an aromatic ring is 1. The minimum atomic E-state index is -1.31. The molecule has 4 nitrogen and oxygen atoms in total. The van der Waals surface area contributed by atoms with Gasteiger partial charge in [0.25, 0.3) is 5.79 Å². The molecule has 0 saturated carbocycles. The maximum absolute atomic E-state index is 14.4. The SMILES string of the molecule is CC(C)(O)c1cc2cc3c(cc2cc1N)OC(C)(c1ccc(Cl)cc1F)O3. The fourth-order valence-electron chi connectivity index (χ4n) is 3.42. The molecule has 1 heterocycles. The van der Waals surface area contributed by atoms with Crippen molar-refractivity contribution in [3.05, 3.63) is 64.4 Å². The molecule has 6 heteroatoms. The zero-order chi connectivity index (χ0) is 19.6. The van der Waals surface area contributed by atoms with E-state index in [0.29, 0.717) is 27.8 Å². The molecule has 1 atom stereocenters. The molecular weight excluding hydrogens is 369 g/mol. The minimum absolute atomic E-state index is 0.254. The zero-order valence-corrected chi connectivity index (χ0v) is 15.9. The third-order valence-electron chi connectivity index (χ3n) is 4.76. The van der Waals surface area contributed by atoms with Gasteiger partial charge in [0.05, 0.1) is 11.2 Å². The third kappa shape index (κ3) is 2.97. The van der Waals surface area contributed by atoms with Crippen LogP contribution in [0.4, 0.5) is 10.1 Å². The number of ether oxygens (including phenoxy) is 2. The van der Waals surface area contributed by atoms with E-state index in [4.69, 9.17) is 26.8 Å². The molecule has 0 saturated heterocycles. The molecule has 0 radical (unpaired) electrons. The van der Waals surface area contributed by atoms with Gasteiger partial charge in [0.15, 0.2) is 11.5 Å². The van der Waals surface area contributed by atoms with Crippen LogP contribution in [-0.4, -0.2) is 5.11 Å². The van der Waals surface area contributed by atoms with E-state index in [1.807, 2.05) is 6.07 Å². The number of hydrogen-bond acceptors (Lipinski definition) is 4. The van der Waals surface area contributed by atoms with Crippen LogP contribution in [0.5, 0.6) is 11.5 Å². The van der Waals surface area contributed by atoms with Crippen LogP contribution in [0.1, 0.15) is 31.9 Å². The van der Waals surface area contributed by atoms with Crippen molar-refractivity contribution in [2.75, 3.05) is 5.73 Å². The molecule has 0 bridgehead atoms. The highest BCUT2D eigenvalue weighted by Gasteiger charge is 2.41. The fourth-order valence-corrected chi connectivity index (χ4v) is 3.58. The normalized spacial score (nSPS) is 18.9. The number of aliphatic hydroxyl groups is 1. The molecule has 3 aromatic rings. The van der Waals surface area contributed by atoms with Gasteiger partial charge in [0.2, 0.25) is 0 Å². The van der Waals surface area contributed by atoms with Crippen molar-refractivity contribution in [3.63, 3.8) is 0 Å². The van der Waals surface area contributed by atoms with Crippen LogP contribution in [0, 0.1) is 5.82 Å². The van der Waals surface area contributed by atoms with E-state index in [0.717, 1.165) is 10.8 Å². The van der Waals surface area contributed by atoms with E-state index in [9.17, 15) is 9.50 Å². The van der Waals surface area contributed by atoms with Crippen molar-refractivity contribution in [2.24, 2.45) is 0 Å². The molecule has 1 aliphatic rings. The summed E-state index contributed by atoms with van der Waals surface area (Å²) in [6.07, 6.45) is 0. The Labute approximate surface area is 161 Å². The average molecular weight is 388 g/mol. The van der Waals surface area contributed by atoms with Gasteiger partial charge in [-0.1, -0.05) is 11.6 Å². The Balaban J connectivity index is 1.81. The molecule has 4 rings (SSSR count). The van der Waals surface area contributed by atoms with Gasteiger partial charge in [0.1, 0.15) is 5.82 Å². The highest BCUT2D eigenvalue weighted by Crippen LogP contribution is 2.47. The third-order valence-corrected chi connectivity index (χ3v) is 5.00. The van der Waals surface area contributed by atoms with Crippen LogP contribution in [-0.2, 0) is 11.4 Å². The second-order valence-electron chi connectivity index (χ2n) is 7.42. The Bertz CT molecular complexity index is 1080. The molecule has 0 amide bonds. The predicted molar refractivity (Wildman–Crippen MR) is 104 cm³/mol. The van der Waals surface area contributed by atoms with Gasteiger partial charge >= 0.3 is 0 Å². The number of rotatable bonds is 2. The first-order valence-electron chi connectivity index (χ1n) is 8.50. The fraction of sp³-hybridized carbons (Fsp3) is 0.238. The first-order chi connectivity index (χ1) is 12.6. The van der Waals surface area contributed by atoms with Crippen molar-refractivity contribution in [3.8, 4) is 11.5 Å². The number of halogens is 2. The summed E-state index contributed by atoms with van der Waals surface area (Å²) in [4.78, 5) is 0. The Morgan fingerprint density at radius 2 is 1.63 bits per heavy atom. The number of nitrogens with two attached hydrogens (primary N) is 1. The lowest BCUT2D eigenvalue weighted by atomic mass is 9.93. The summed E-state index contributed by atoms with van der Waals surface area (Å²) in [5, 5.41) is 12.3. The second kappa shape index (κ2) is 5.75. The van der Waals surface area contributed by atoms with Crippen LogP contribution >= 0.6 is 11.6 Å². The quantitative estimate of drug-likeness (QED) is 0.601. The molecule has 27 heavy (non-hydrogen) atoms. The first-order valence-corrected chi connectivity index (χ1v) is 8.88. The number of anilines is 1. The zero-order valence-electron chi connectivity index (χ0n) is 15.1. The van der Waals surface area contributed by atoms with Crippen LogP contribution in [0.25, 0.3) is 10.8 Å². The minimum Gasteiger partial charge on any atom is -0.444 e. The van der Waals surface area contributed by atoms with Crippen LogP contribution < -0.4 is 15.2 Å². The molecular formula is C21H19ClFNO3. The highest BCUT2D eigenvalue weighted by atomic mass is 35.5. The molecule has 1 aliphatic heterocycles. The van der Waals surface area contributed by atoms with Crippen molar-refractivity contribution in [1.29, 1.82) is 0 Å². The summed E-state index contributed by atoms with van der Waals surface area (Å²) < 4.78 is 26.3. The molecule has 140 valence electrons. The number of hydrogen-bond donors (Lipinski definition) is 2. The van der Waals surface area contributed by atoms with Crippen LogP contribution in [0.3, 0.4) is 0 Å². The summed E-state index contributed by atoms with van der Waals surface area (Å²) in [5.74, 6) is -0.824. The molecule has 0 spiro atoms. The maximum atomic E-state index is 14.4. The predicted octanol–water partition coefficient (Wildman–Crippen LogP) is 5.09. The molecule has 0 aliphatic carbocycles. The molecule has 3 aromatic carbocycles. The van der Waals surface area contributed by atoms with Gasteiger partial charge in [0, 0.05) is 23.2 Å². The van der Waals surface area contributed by atoms with Gasteiger partial charge in [-0.3, -0.25) is 0 Å². The summed E-state index contributed by atoms with van der Waals surface area (Å²) in [7, 11) is 0. The summed E-state index contributed by atoms with van der Waals surface area (Å²) in [5.41, 5.74) is 6.39. The summed E-state index contributed by atoms with van der Waals surface area (Å²) in [6.45, 7) is 5.01. The van der Waals surface area contributed by atoms with Crippen molar-refractivity contribution < 1.29 is 19.0 Å². The van der Waals surface area contributed by atoms with Crippen molar-refractivity contribution in [1.82, 2.24) is 0 Å². The van der Waals surface area contributed by atoms with Gasteiger partial charge in [-0.15, -0.1) is 0 Å². The standard InChI is InChI=1S/C21H19ClFNO3/c1-20(2,25)15-6-11-8-18-19(9-12(11)7-17(15)24)27-21(3,26-18)14-5-4-13(22)10-16(14)23/h4-10,25H,24H2,1-3H3. The maximum Gasteiger partial charge on any atom is 0.278 e. The van der Waals surface area contributed by atoms with E-state index in [2.05, 4.69) is 0 Å². The Hall–Kier alpha value is -2.50. The van der Waals surface area contributed by atoms with Crippen LogP contribution in [0.15, 0.2) is 42.5 Å². The van der Waals surface area contributed by atoms with E-state index in [-0.39, 0.29) is 5.56 Å². The second-order valence-corrected chi connectivity index (χ2v) is 7.86. The topological polar surface area (TPSA) is 64.7 Å². The van der Waals surface area contributed by atoms with Crippen molar-refractivity contribution in [2.45, 2.75) is 32.2 Å². The smallest absolute Gasteiger partial charge is 0.278 e. The molecule has 0 fully saturated rings. The molecule has 1 unspecified atom stereocenters. The van der Waals surface area contributed by atoms with Gasteiger partial charge in [-0.2, -0.15) is 0 Å². The largest absolute Gasteiger partial charge is 0.444 e. The highest BCUT2D eigenvalue weighted by molar-refractivity contribution is 6.30. The van der Waals surface area contributed by atoms with E-state index >= 15 is 0 Å². The Kier molecular flexibility index (Phi) is 3.81. The summed E-state index contributed by atoms with van der Waals surface area (Å²) in [6, 6.07) is 11.6. The Morgan fingerprint density at radius 1 is 1.04 bits per heavy atom. The summed E-state index contributed by atoms with van der Waals surface area (Å²) >= 11 is 5.84. The van der Waals surface area contributed by atoms with Crippen LogP contribution in [0.2, 0.25) is 5.02 Å². The van der Waals surface area contributed by atoms with Gasteiger partial charge in [-0.05, 0) is 67.1 Å². The van der Waals surface area contributed by atoms with E-state index < -0.39 is 17.2 Å².